The van der Waals surface area contributed by atoms with Gasteiger partial charge in [0.1, 0.15) is 0 Å². The number of hydrogen-bond donors (Lipinski definition) is 0. The summed E-state index contributed by atoms with van der Waals surface area (Å²) in [6, 6.07) is 13.6. The summed E-state index contributed by atoms with van der Waals surface area (Å²) >= 11 is 1.90. The SMILES string of the molecule is Cc1ccc2sc3cc(C(C)C)ccc3c2c1. The second kappa shape index (κ2) is 3.85. The molecule has 0 radical (unpaired) electrons. The van der Waals surface area contributed by atoms with Crippen molar-refractivity contribution >= 4 is 31.5 Å². The molecule has 1 heteroatoms. The average molecular weight is 240 g/mol. The van der Waals surface area contributed by atoms with Crippen molar-refractivity contribution in [1.29, 1.82) is 0 Å². The summed E-state index contributed by atoms with van der Waals surface area (Å²) in [5.41, 5.74) is 2.77. The molecule has 0 spiro atoms. The molecule has 0 bridgehead atoms. The van der Waals surface area contributed by atoms with Crippen LogP contribution in [0.2, 0.25) is 0 Å². The highest BCUT2D eigenvalue weighted by atomic mass is 32.1. The summed E-state index contributed by atoms with van der Waals surface area (Å²) in [4.78, 5) is 0. The lowest BCUT2D eigenvalue weighted by atomic mass is 10.0. The van der Waals surface area contributed by atoms with Crippen LogP contribution < -0.4 is 0 Å². The molecule has 1 aromatic heterocycles. The summed E-state index contributed by atoms with van der Waals surface area (Å²) in [5, 5.41) is 2.80. The smallest absolute Gasteiger partial charge is 0.0358 e. The van der Waals surface area contributed by atoms with Crippen LogP contribution in [-0.4, -0.2) is 0 Å². The Morgan fingerprint density at radius 1 is 0.882 bits per heavy atom. The van der Waals surface area contributed by atoms with E-state index >= 15 is 0 Å². The maximum absolute atomic E-state index is 2.35. The molecule has 0 saturated carbocycles. The highest BCUT2D eigenvalue weighted by Gasteiger charge is 2.07. The van der Waals surface area contributed by atoms with Crippen molar-refractivity contribution in [3.63, 3.8) is 0 Å². The molecule has 0 aliphatic heterocycles. The Hall–Kier alpha value is -1.34. The average Bonchev–Trinajstić information content (AvgIpc) is 2.66. The molecule has 0 fully saturated rings. The lowest BCUT2D eigenvalue weighted by Gasteiger charge is -2.04. The van der Waals surface area contributed by atoms with Crippen molar-refractivity contribution in [3.8, 4) is 0 Å². The number of aryl methyl sites for hydroxylation is 1. The van der Waals surface area contributed by atoms with Gasteiger partial charge in [-0.2, -0.15) is 0 Å². The molecule has 0 unspecified atom stereocenters. The van der Waals surface area contributed by atoms with Crippen molar-refractivity contribution in [2.75, 3.05) is 0 Å². The lowest BCUT2D eigenvalue weighted by molar-refractivity contribution is 0.869. The molecule has 0 nitrogen and oxygen atoms in total. The van der Waals surface area contributed by atoms with E-state index in [1.54, 1.807) is 0 Å². The first-order valence-corrected chi connectivity index (χ1v) is 6.89. The van der Waals surface area contributed by atoms with E-state index in [1.807, 2.05) is 11.3 Å². The highest BCUT2D eigenvalue weighted by molar-refractivity contribution is 7.25. The molecule has 2 aromatic carbocycles. The minimum absolute atomic E-state index is 0.603. The zero-order valence-corrected chi connectivity index (χ0v) is 11.3. The number of rotatable bonds is 1. The van der Waals surface area contributed by atoms with Crippen LogP contribution in [0.3, 0.4) is 0 Å². The molecule has 86 valence electrons. The molecule has 3 rings (SSSR count). The van der Waals surface area contributed by atoms with Crippen molar-refractivity contribution in [1.82, 2.24) is 0 Å². The van der Waals surface area contributed by atoms with E-state index in [0.717, 1.165) is 0 Å². The Kier molecular flexibility index (Phi) is 2.44. The van der Waals surface area contributed by atoms with Gasteiger partial charge >= 0.3 is 0 Å². The second-order valence-electron chi connectivity index (χ2n) is 5.01. The van der Waals surface area contributed by atoms with Crippen molar-refractivity contribution in [3.05, 3.63) is 47.5 Å². The quantitative estimate of drug-likeness (QED) is 0.528. The van der Waals surface area contributed by atoms with E-state index < -0.39 is 0 Å². The molecule has 0 atom stereocenters. The van der Waals surface area contributed by atoms with Gasteiger partial charge in [0, 0.05) is 20.2 Å². The first kappa shape index (κ1) is 10.8. The van der Waals surface area contributed by atoms with Crippen LogP contribution in [0.15, 0.2) is 36.4 Å². The number of hydrogen-bond acceptors (Lipinski definition) is 1. The zero-order valence-electron chi connectivity index (χ0n) is 10.4. The van der Waals surface area contributed by atoms with Crippen LogP contribution in [0.25, 0.3) is 20.2 Å². The summed E-state index contributed by atoms with van der Waals surface area (Å²) in [7, 11) is 0. The van der Waals surface area contributed by atoms with Gasteiger partial charge < -0.3 is 0 Å². The monoisotopic (exact) mass is 240 g/mol. The molecule has 17 heavy (non-hydrogen) atoms. The van der Waals surface area contributed by atoms with Crippen LogP contribution >= 0.6 is 11.3 Å². The van der Waals surface area contributed by atoms with Crippen LogP contribution in [0, 0.1) is 6.92 Å². The van der Waals surface area contributed by atoms with Gasteiger partial charge in [-0.05, 0) is 36.6 Å². The summed E-state index contributed by atoms with van der Waals surface area (Å²) in [6.07, 6.45) is 0. The van der Waals surface area contributed by atoms with Gasteiger partial charge in [0.25, 0.3) is 0 Å². The third-order valence-corrected chi connectivity index (χ3v) is 4.45. The van der Waals surface area contributed by atoms with Gasteiger partial charge in [0.2, 0.25) is 0 Å². The molecule has 0 aliphatic rings. The Balaban J connectivity index is 2.36. The third kappa shape index (κ3) is 1.75. The largest absolute Gasteiger partial charge is 0.135 e. The summed E-state index contributed by atoms with van der Waals surface area (Å²) in [5.74, 6) is 0.603. The van der Waals surface area contributed by atoms with Crippen LogP contribution in [-0.2, 0) is 0 Å². The van der Waals surface area contributed by atoms with Crippen LogP contribution in [0.4, 0.5) is 0 Å². The molecular weight excluding hydrogens is 224 g/mol. The van der Waals surface area contributed by atoms with Crippen molar-refractivity contribution < 1.29 is 0 Å². The van der Waals surface area contributed by atoms with Crippen molar-refractivity contribution in [2.24, 2.45) is 0 Å². The van der Waals surface area contributed by atoms with Gasteiger partial charge in [0.05, 0.1) is 0 Å². The minimum atomic E-state index is 0.603. The van der Waals surface area contributed by atoms with Gasteiger partial charge in [-0.3, -0.25) is 0 Å². The Labute approximate surface area is 106 Å². The van der Waals surface area contributed by atoms with E-state index in [2.05, 4.69) is 57.2 Å². The van der Waals surface area contributed by atoms with Gasteiger partial charge in [0.15, 0.2) is 0 Å². The highest BCUT2D eigenvalue weighted by Crippen LogP contribution is 2.35. The van der Waals surface area contributed by atoms with E-state index in [1.165, 1.54) is 31.3 Å². The molecule has 1 heterocycles. The maximum atomic E-state index is 2.35. The lowest BCUT2D eigenvalue weighted by Crippen LogP contribution is -1.84. The Morgan fingerprint density at radius 3 is 2.47 bits per heavy atom. The first-order chi connectivity index (χ1) is 8.15. The van der Waals surface area contributed by atoms with Crippen molar-refractivity contribution in [2.45, 2.75) is 26.7 Å². The maximum Gasteiger partial charge on any atom is 0.0358 e. The molecular formula is C16H16S. The topological polar surface area (TPSA) is 0 Å². The standard InChI is InChI=1S/C16H16S/c1-10(2)12-5-6-13-14-8-11(3)4-7-15(14)17-16(13)9-12/h4-10H,1-3H3. The van der Waals surface area contributed by atoms with E-state index in [-0.39, 0.29) is 0 Å². The second-order valence-corrected chi connectivity index (χ2v) is 6.10. The van der Waals surface area contributed by atoms with E-state index in [0.29, 0.717) is 5.92 Å². The Bertz CT molecular complexity index is 689. The first-order valence-electron chi connectivity index (χ1n) is 6.08. The van der Waals surface area contributed by atoms with Gasteiger partial charge in [-0.15, -0.1) is 11.3 Å². The molecule has 0 saturated heterocycles. The zero-order chi connectivity index (χ0) is 12.0. The van der Waals surface area contributed by atoms with Crippen LogP contribution in [0.5, 0.6) is 0 Å². The summed E-state index contributed by atoms with van der Waals surface area (Å²) in [6.45, 7) is 6.66. The summed E-state index contributed by atoms with van der Waals surface area (Å²) < 4.78 is 2.81. The fourth-order valence-electron chi connectivity index (χ4n) is 2.27. The molecule has 0 aliphatic carbocycles. The van der Waals surface area contributed by atoms with E-state index in [4.69, 9.17) is 0 Å². The molecule has 0 N–H and O–H groups in total. The normalized spacial score (nSPS) is 11.8. The number of thiophene rings is 1. The van der Waals surface area contributed by atoms with E-state index in [9.17, 15) is 0 Å². The third-order valence-electron chi connectivity index (χ3n) is 3.32. The predicted octanol–water partition coefficient (Wildman–Crippen LogP) is 5.49. The minimum Gasteiger partial charge on any atom is -0.135 e. The van der Waals surface area contributed by atoms with Crippen LogP contribution in [0.1, 0.15) is 30.9 Å². The fourth-order valence-corrected chi connectivity index (χ4v) is 3.40. The molecule has 0 amide bonds. The number of benzene rings is 2. The van der Waals surface area contributed by atoms with Gasteiger partial charge in [-0.1, -0.05) is 37.6 Å². The fraction of sp³-hybridized carbons (Fsp3) is 0.250. The van der Waals surface area contributed by atoms with Gasteiger partial charge in [-0.25, -0.2) is 0 Å². The number of fused-ring (bicyclic) bond motifs is 3. The predicted molar refractivity (Wildman–Crippen MR) is 78.2 cm³/mol. The Morgan fingerprint density at radius 2 is 1.71 bits per heavy atom. The molecule has 3 aromatic rings.